The molecule has 0 aliphatic rings. The van der Waals surface area contributed by atoms with Crippen molar-refractivity contribution in [2.75, 3.05) is 12.4 Å². The van der Waals surface area contributed by atoms with Gasteiger partial charge in [-0.2, -0.15) is 0 Å². The second-order valence-electron chi connectivity index (χ2n) is 4.35. The summed E-state index contributed by atoms with van der Waals surface area (Å²) in [5.74, 6) is 0.648. The number of benzene rings is 1. The molecule has 88 valence electrons. The van der Waals surface area contributed by atoms with E-state index in [-0.39, 0.29) is 0 Å². The number of hydrogen-bond donors (Lipinski definition) is 1. The Bertz CT molecular complexity index is 380. The third kappa shape index (κ3) is 3.28. The minimum Gasteiger partial charge on any atom is -0.388 e. The van der Waals surface area contributed by atoms with Crippen LogP contribution in [0.5, 0.6) is 0 Å². The van der Waals surface area contributed by atoms with Crippen LogP contribution in [-0.4, -0.2) is 7.05 Å². The highest BCUT2D eigenvalue weighted by atomic mass is 35.5. The molecule has 16 heavy (non-hydrogen) atoms. The Labute approximate surface area is 104 Å². The van der Waals surface area contributed by atoms with Crippen LogP contribution in [0.3, 0.4) is 0 Å². The Kier molecular flexibility index (Phi) is 4.88. The summed E-state index contributed by atoms with van der Waals surface area (Å²) >= 11 is 6.06. The van der Waals surface area contributed by atoms with Crippen molar-refractivity contribution in [3.05, 3.63) is 34.9 Å². The molecule has 0 saturated carbocycles. The molecule has 1 rings (SSSR count). The average molecular weight is 238 g/mol. The largest absolute Gasteiger partial charge is 0.388 e. The van der Waals surface area contributed by atoms with Crippen LogP contribution < -0.4 is 5.32 Å². The zero-order valence-corrected chi connectivity index (χ0v) is 11.2. The number of anilines is 1. The molecule has 0 aliphatic carbocycles. The van der Waals surface area contributed by atoms with Gasteiger partial charge in [-0.15, -0.1) is 0 Å². The van der Waals surface area contributed by atoms with Gasteiger partial charge in [0.1, 0.15) is 0 Å². The first-order chi connectivity index (χ1) is 7.58. The first-order valence-electron chi connectivity index (χ1n) is 5.71. The maximum absolute atomic E-state index is 6.06. The van der Waals surface area contributed by atoms with Crippen molar-refractivity contribution < 1.29 is 0 Å². The van der Waals surface area contributed by atoms with E-state index in [0.717, 1.165) is 17.1 Å². The van der Waals surface area contributed by atoms with Gasteiger partial charge in [-0.05, 0) is 43.0 Å². The molecule has 0 unspecified atom stereocenters. The van der Waals surface area contributed by atoms with Gasteiger partial charge in [-0.3, -0.25) is 0 Å². The zero-order valence-electron chi connectivity index (χ0n) is 10.5. The van der Waals surface area contributed by atoms with Crippen LogP contribution in [-0.2, 0) is 0 Å². The third-order valence-corrected chi connectivity index (χ3v) is 2.81. The Morgan fingerprint density at radius 2 is 2.12 bits per heavy atom. The quantitative estimate of drug-likeness (QED) is 0.791. The Balaban J connectivity index is 3.13. The van der Waals surface area contributed by atoms with Gasteiger partial charge in [0.15, 0.2) is 0 Å². The van der Waals surface area contributed by atoms with E-state index in [0.29, 0.717) is 5.92 Å². The first-order valence-corrected chi connectivity index (χ1v) is 6.09. The summed E-state index contributed by atoms with van der Waals surface area (Å²) in [6, 6.07) is 5.98. The summed E-state index contributed by atoms with van der Waals surface area (Å²) in [5, 5.41) is 4.00. The van der Waals surface area contributed by atoms with Gasteiger partial charge in [-0.25, -0.2) is 0 Å². The average Bonchev–Trinajstić information content (AvgIpc) is 2.25. The third-order valence-electron chi connectivity index (χ3n) is 2.57. The lowest BCUT2D eigenvalue weighted by atomic mass is 9.95. The van der Waals surface area contributed by atoms with Crippen molar-refractivity contribution in [2.24, 2.45) is 5.92 Å². The fraction of sp³-hybridized carbons (Fsp3) is 0.429. The van der Waals surface area contributed by atoms with Crippen molar-refractivity contribution in [1.82, 2.24) is 0 Å². The summed E-state index contributed by atoms with van der Waals surface area (Å²) in [5.41, 5.74) is 3.70. The lowest BCUT2D eigenvalue weighted by Crippen LogP contribution is -1.97. The van der Waals surface area contributed by atoms with E-state index in [1.54, 1.807) is 0 Å². The SMILES string of the molecule is C/C=C(\CC(C)C)c1cc(Cl)ccc1NC. The number of nitrogens with one attached hydrogen (secondary N) is 1. The van der Waals surface area contributed by atoms with Gasteiger partial charge in [-0.1, -0.05) is 31.5 Å². The van der Waals surface area contributed by atoms with Crippen LogP contribution in [0.15, 0.2) is 24.3 Å². The van der Waals surface area contributed by atoms with E-state index >= 15 is 0 Å². The molecule has 0 heterocycles. The van der Waals surface area contributed by atoms with Crippen LogP contribution in [0.2, 0.25) is 5.02 Å². The first kappa shape index (κ1) is 13.1. The molecule has 1 nitrogen and oxygen atoms in total. The maximum atomic E-state index is 6.06. The molecule has 1 aromatic carbocycles. The molecule has 0 fully saturated rings. The second kappa shape index (κ2) is 5.95. The Hall–Kier alpha value is -0.950. The highest BCUT2D eigenvalue weighted by molar-refractivity contribution is 6.30. The molecule has 0 atom stereocenters. The van der Waals surface area contributed by atoms with E-state index in [4.69, 9.17) is 11.6 Å². The number of hydrogen-bond acceptors (Lipinski definition) is 1. The second-order valence-corrected chi connectivity index (χ2v) is 4.79. The van der Waals surface area contributed by atoms with Gasteiger partial charge in [0, 0.05) is 23.3 Å². The van der Waals surface area contributed by atoms with Crippen molar-refractivity contribution in [2.45, 2.75) is 27.2 Å². The van der Waals surface area contributed by atoms with E-state index < -0.39 is 0 Å². The molecule has 0 spiro atoms. The molecule has 0 radical (unpaired) electrons. The predicted molar refractivity (Wildman–Crippen MR) is 74.1 cm³/mol. The molecule has 0 bridgehead atoms. The molecule has 0 aromatic heterocycles. The highest BCUT2D eigenvalue weighted by Crippen LogP contribution is 2.30. The maximum Gasteiger partial charge on any atom is 0.0414 e. The van der Waals surface area contributed by atoms with Gasteiger partial charge in [0.05, 0.1) is 0 Å². The van der Waals surface area contributed by atoms with Crippen molar-refractivity contribution in [3.63, 3.8) is 0 Å². The zero-order chi connectivity index (χ0) is 12.1. The van der Waals surface area contributed by atoms with Gasteiger partial charge in [0.25, 0.3) is 0 Å². The molecule has 1 aromatic rings. The topological polar surface area (TPSA) is 12.0 Å². The molecule has 2 heteroatoms. The lowest BCUT2D eigenvalue weighted by molar-refractivity contribution is 0.673. The molecule has 0 amide bonds. The summed E-state index contributed by atoms with van der Waals surface area (Å²) < 4.78 is 0. The minimum absolute atomic E-state index is 0.648. The van der Waals surface area contributed by atoms with Gasteiger partial charge in [0.2, 0.25) is 0 Å². The molecular formula is C14H20ClN. The summed E-state index contributed by atoms with van der Waals surface area (Å²) in [4.78, 5) is 0. The summed E-state index contributed by atoms with van der Waals surface area (Å²) in [6.07, 6.45) is 3.25. The molecule has 0 aliphatic heterocycles. The standard InChI is InChI=1S/C14H20ClN/c1-5-11(8-10(2)3)13-9-12(15)6-7-14(13)16-4/h5-7,9-10,16H,8H2,1-4H3/b11-5+. The van der Waals surface area contributed by atoms with Crippen LogP contribution in [0, 0.1) is 5.92 Å². The van der Waals surface area contributed by atoms with E-state index in [1.165, 1.54) is 11.1 Å². The fourth-order valence-electron chi connectivity index (χ4n) is 1.82. The normalized spacial score (nSPS) is 12.0. The van der Waals surface area contributed by atoms with E-state index in [9.17, 15) is 0 Å². The van der Waals surface area contributed by atoms with E-state index in [1.807, 2.05) is 25.2 Å². The van der Waals surface area contributed by atoms with Crippen molar-refractivity contribution in [3.8, 4) is 0 Å². The highest BCUT2D eigenvalue weighted by Gasteiger charge is 2.08. The summed E-state index contributed by atoms with van der Waals surface area (Å²) in [7, 11) is 1.94. The van der Waals surface area contributed by atoms with Crippen LogP contribution in [0.25, 0.3) is 5.57 Å². The number of allylic oxidation sites excluding steroid dienone is 2. The Morgan fingerprint density at radius 3 is 2.62 bits per heavy atom. The molecular weight excluding hydrogens is 218 g/mol. The molecule has 0 saturated heterocycles. The lowest BCUT2D eigenvalue weighted by Gasteiger charge is -2.15. The van der Waals surface area contributed by atoms with Crippen molar-refractivity contribution >= 4 is 22.9 Å². The predicted octanol–water partition coefficient (Wildman–Crippen LogP) is 4.83. The van der Waals surface area contributed by atoms with Gasteiger partial charge < -0.3 is 5.32 Å². The summed E-state index contributed by atoms with van der Waals surface area (Å²) in [6.45, 7) is 6.54. The van der Waals surface area contributed by atoms with Gasteiger partial charge >= 0.3 is 0 Å². The number of rotatable bonds is 4. The molecule has 1 N–H and O–H groups in total. The van der Waals surface area contributed by atoms with Crippen molar-refractivity contribution in [1.29, 1.82) is 0 Å². The Morgan fingerprint density at radius 1 is 1.44 bits per heavy atom. The minimum atomic E-state index is 0.648. The smallest absolute Gasteiger partial charge is 0.0414 e. The fourth-order valence-corrected chi connectivity index (χ4v) is 2.00. The van der Waals surface area contributed by atoms with Crippen LogP contribution in [0.4, 0.5) is 5.69 Å². The van der Waals surface area contributed by atoms with E-state index in [2.05, 4.69) is 32.2 Å². The van der Waals surface area contributed by atoms with Crippen LogP contribution >= 0.6 is 11.6 Å². The van der Waals surface area contributed by atoms with Crippen LogP contribution in [0.1, 0.15) is 32.8 Å². The monoisotopic (exact) mass is 237 g/mol. The number of halogens is 1.